The Morgan fingerprint density at radius 1 is 1.64 bits per heavy atom. The Hall–Kier alpha value is -1.07. The highest BCUT2D eigenvalue weighted by Crippen LogP contribution is 2.16. The maximum Gasteiger partial charge on any atom is 0.325 e. The molecule has 0 radical (unpaired) electrons. The number of carbonyl (C=O) groups is 1. The van der Waals surface area contributed by atoms with Crippen molar-refractivity contribution in [3.63, 3.8) is 0 Å². The van der Waals surface area contributed by atoms with E-state index in [0.29, 0.717) is 5.56 Å². The molecule has 0 spiro atoms. The average molecular weight is 220 g/mol. The molecule has 5 nitrogen and oxygen atoms in total. The largest absolute Gasteiger partial charge is 0.480 e. The summed E-state index contributed by atoms with van der Waals surface area (Å²) in [6, 6.07) is -0.617. The first kappa shape index (κ1) is 12.9. The fraction of sp³-hybridized carbons (Fsp3) is 0.500. The second kappa shape index (κ2) is 4.97. The molecule has 1 unspecified atom stereocenters. The Balaban J connectivity index is 0.00000169. The van der Waals surface area contributed by atoms with Gasteiger partial charge in [0.25, 0.3) is 0 Å². The molecule has 1 rings (SSSR count). The molecule has 0 aliphatic carbocycles. The van der Waals surface area contributed by atoms with E-state index in [9.17, 15) is 4.79 Å². The van der Waals surface area contributed by atoms with Crippen molar-refractivity contribution in [2.45, 2.75) is 6.04 Å². The highest BCUT2D eigenvalue weighted by atomic mass is 35.5. The molecule has 0 saturated carbocycles. The highest BCUT2D eigenvalue weighted by molar-refractivity contribution is 5.85. The van der Waals surface area contributed by atoms with Crippen LogP contribution in [0, 0.1) is 0 Å². The smallest absolute Gasteiger partial charge is 0.325 e. The van der Waals surface area contributed by atoms with Gasteiger partial charge in [-0.3, -0.25) is 14.4 Å². The highest BCUT2D eigenvalue weighted by Gasteiger charge is 2.22. The van der Waals surface area contributed by atoms with Crippen molar-refractivity contribution in [3.8, 4) is 0 Å². The van der Waals surface area contributed by atoms with E-state index >= 15 is 0 Å². The lowest BCUT2D eigenvalue weighted by molar-refractivity contribution is -0.142. The number of halogens is 1. The van der Waals surface area contributed by atoms with Gasteiger partial charge in [-0.2, -0.15) is 5.10 Å². The summed E-state index contributed by atoms with van der Waals surface area (Å²) >= 11 is 0. The minimum absolute atomic E-state index is 0. The molecule has 0 aliphatic rings. The fourth-order valence-corrected chi connectivity index (χ4v) is 1.24. The Bertz CT molecular complexity index is 311. The van der Waals surface area contributed by atoms with Crippen LogP contribution in [0.2, 0.25) is 0 Å². The van der Waals surface area contributed by atoms with Crippen LogP contribution in [0.4, 0.5) is 0 Å². The van der Waals surface area contributed by atoms with Crippen LogP contribution < -0.4 is 0 Å². The molecule has 0 amide bonds. The lowest BCUT2D eigenvalue weighted by Crippen LogP contribution is -2.27. The second-order valence-corrected chi connectivity index (χ2v) is 3.15. The molecule has 0 aromatic carbocycles. The van der Waals surface area contributed by atoms with Crippen molar-refractivity contribution < 1.29 is 9.90 Å². The normalized spacial score (nSPS) is 12.3. The third-order valence-electron chi connectivity index (χ3n) is 1.79. The predicted molar refractivity (Wildman–Crippen MR) is 54.5 cm³/mol. The fourth-order valence-electron chi connectivity index (χ4n) is 1.24. The van der Waals surface area contributed by atoms with Crippen molar-refractivity contribution in [3.05, 3.63) is 18.0 Å². The standard InChI is InChI=1S/C8H13N3O2.ClH/c1-10(2)7(8(12)13)6-4-9-11(3)5-6;/h4-5,7H,1-3H3,(H,12,13);1H. The lowest BCUT2D eigenvalue weighted by atomic mass is 10.1. The van der Waals surface area contributed by atoms with Gasteiger partial charge in [0.2, 0.25) is 0 Å². The maximum absolute atomic E-state index is 10.9. The van der Waals surface area contributed by atoms with E-state index in [1.165, 1.54) is 0 Å². The van der Waals surface area contributed by atoms with Gasteiger partial charge in [-0.15, -0.1) is 12.4 Å². The number of carboxylic acids is 1. The van der Waals surface area contributed by atoms with Gasteiger partial charge >= 0.3 is 5.97 Å². The van der Waals surface area contributed by atoms with Crippen LogP contribution in [-0.4, -0.2) is 39.9 Å². The summed E-state index contributed by atoms with van der Waals surface area (Å²) in [7, 11) is 5.22. The van der Waals surface area contributed by atoms with Crippen molar-refractivity contribution in [2.24, 2.45) is 7.05 Å². The zero-order chi connectivity index (χ0) is 10.0. The van der Waals surface area contributed by atoms with Crippen molar-refractivity contribution in [2.75, 3.05) is 14.1 Å². The summed E-state index contributed by atoms with van der Waals surface area (Å²) in [5.41, 5.74) is 0.694. The quantitative estimate of drug-likeness (QED) is 0.806. The molecular formula is C8H14ClN3O2. The molecular weight excluding hydrogens is 206 g/mol. The van der Waals surface area contributed by atoms with Crippen LogP contribution in [0.5, 0.6) is 0 Å². The monoisotopic (exact) mass is 219 g/mol. The summed E-state index contributed by atoms with van der Waals surface area (Å²) in [5.74, 6) is -0.863. The number of hydrogen-bond donors (Lipinski definition) is 1. The number of carboxylic acid groups (broad SMARTS) is 1. The van der Waals surface area contributed by atoms with Gasteiger partial charge in [0, 0.05) is 18.8 Å². The molecule has 1 aromatic rings. The molecule has 0 bridgehead atoms. The Morgan fingerprint density at radius 3 is 2.50 bits per heavy atom. The van der Waals surface area contributed by atoms with Gasteiger partial charge in [-0.25, -0.2) is 0 Å². The molecule has 1 heterocycles. The summed E-state index contributed by atoms with van der Waals surface area (Å²) in [5, 5.41) is 12.9. The number of nitrogens with zero attached hydrogens (tertiary/aromatic N) is 3. The molecule has 1 atom stereocenters. The van der Waals surface area contributed by atoms with E-state index in [-0.39, 0.29) is 12.4 Å². The Kier molecular flexibility index (Phi) is 4.59. The number of hydrogen-bond acceptors (Lipinski definition) is 3. The predicted octanol–water partition coefficient (Wildman–Crippen LogP) is 0.529. The molecule has 80 valence electrons. The number of aromatic nitrogens is 2. The van der Waals surface area contributed by atoms with Crippen LogP contribution in [0.1, 0.15) is 11.6 Å². The molecule has 6 heteroatoms. The van der Waals surface area contributed by atoms with Gasteiger partial charge in [0.1, 0.15) is 6.04 Å². The summed E-state index contributed by atoms with van der Waals surface area (Å²) in [6.45, 7) is 0. The minimum Gasteiger partial charge on any atom is -0.480 e. The van der Waals surface area contributed by atoms with Crippen LogP contribution in [0.25, 0.3) is 0 Å². The molecule has 14 heavy (non-hydrogen) atoms. The number of rotatable bonds is 3. The topological polar surface area (TPSA) is 58.4 Å². The van der Waals surface area contributed by atoms with Gasteiger partial charge in [-0.05, 0) is 14.1 Å². The average Bonchev–Trinajstić information content (AvgIpc) is 2.34. The van der Waals surface area contributed by atoms with E-state index in [1.807, 2.05) is 0 Å². The summed E-state index contributed by atoms with van der Waals surface area (Å²) < 4.78 is 1.59. The van der Waals surface area contributed by atoms with E-state index in [0.717, 1.165) is 0 Å². The van der Waals surface area contributed by atoms with Gasteiger partial charge in [0.15, 0.2) is 0 Å². The van der Waals surface area contributed by atoms with E-state index in [1.54, 1.807) is 43.1 Å². The Morgan fingerprint density at radius 2 is 2.21 bits per heavy atom. The maximum atomic E-state index is 10.9. The van der Waals surface area contributed by atoms with E-state index in [2.05, 4.69) is 5.10 Å². The molecule has 0 aliphatic heterocycles. The van der Waals surface area contributed by atoms with Gasteiger partial charge in [-0.1, -0.05) is 0 Å². The number of aryl methyl sites for hydroxylation is 1. The van der Waals surface area contributed by atoms with Crippen molar-refractivity contribution in [1.82, 2.24) is 14.7 Å². The second-order valence-electron chi connectivity index (χ2n) is 3.15. The van der Waals surface area contributed by atoms with Gasteiger partial charge in [0.05, 0.1) is 6.20 Å². The first-order chi connectivity index (χ1) is 6.02. The van der Waals surface area contributed by atoms with Crippen molar-refractivity contribution in [1.29, 1.82) is 0 Å². The zero-order valence-corrected chi connectivity index (χ0v) is 9.15. The first-order valence-electron chi connectivity index (χ1n) is 3.90. The van der Waals surface area contributed by atoms with Crippen molar-refractivity contribution >= 4 is 18.4 Å². The number of aliphatic carboxylic acids is 1. The van der Waals surface area contributed by atoms with Crippen LogP contribution >= 0.6 is 12.4 Å². The van der Waals surface area contributed by atoms with Crippen LogP contribution in [0.3, 0.4) is 0 Å². The SMILES string of the molecule is CN(C)C(C(=O)O)c1cnn(C)c1.Cl. The van der Waals surface area contributed by atoms with Crippen LogP contribution in [-0.2, 0) is 11.8 Å². The summed E-state index contributed by atoms with van der Waals surface area (Å²) in [6.07, 6.45) is 3.28. The molecule has 1 N–H and O–H groups in total. The number of likely N-dealkylation sites (N-methyl/N-ethyl adjacent to an activating group) is 1. The minimum atomic E-state index is -0.863. The summed E-state index contributed by atoms with van der Waals surface area (Å²) in [4.78, 5) is 12.5. The van der Waals surface area contributed by atoms with E-state index < -0.39 is 12.0 Å². The molecule has 1 aromatic heterocycles. The first-order valence-corrected chi connectivity index (χ1v) is 3.90. The van der Waals surface area contributed by atoms with E-state index in [4.69, 9.17) is 5.11 Å². The third kappa shape index (κ3) is 2.71. The van der Waals surface area contributed by atoms with Crippen LogP contribution in [0.15, 0.2) is 12.4 Å². The van der Waals surface area contributed by atoms with Gasteiger partial charge < -0.3 is 5.11 Å². The molecule has 0 saturated heterocycles. The lowest BCUT2D eigenvalue weighted by Gasteiger charge is -2.17. The molecule has 0 fully saturated rings. The Labute approximate surface area is 88.7 Å². The third-order valence-corrected chi connectivity index (χ3v) is 1.79. The zero-order valence-electron chi connectivity index (χ0n) is 8.34.